The molecule has 0 rings (SSSR count). The number of rotatable bonds is 4. The molecule has 0 bridgehead atoms. The van der Waals surface area contributed by atoms with Crippen molar-refractivity contribution in [2.75, 3.05) is 0 Å². The molecule has 0 aromatic carbocycles. The molecular formula is C8H11NO6. The Hall–Kier alpha value is -1.92. The van der Waals surface area contributed by atoms with E-state index in [2.05, 4.69) is 0 Å². The second-order valence-electron chi connectivity index (χ2n) is 2.65. The lowest BCUT2D eigenvalue weighted by Crippen LogP contribution is -2.47. The Morgan fingerprint density at radius 2 is 1.80 bits per heavy atom. The Morgan fingerprint density at radius 3 is 2.07 bits per heavy atom. The minimum absolute atomic E-state index is 0.0660. The number of carboxylic acids is 2. The van der Waals surface area contributed by atoms with Crippen LogP contribution in [0.2, 0.25) is 0 Å². The Labute approximate surface area is 89.5 Å². The molecule has 0 radical (unpaired) electrons. The number of carbonyl (C=O) groups is 4. The molecule has 0 heterocycles. The number of carbonyl (C=O) groups excluding carboxylic acids is 2. The van der Waals surface area contributed by atoms with Gasteiger partial charge in [0.2, 0.25) is 11.8 Å². The monoisotopic (exact) mass is 220 g/mol. The quantitative estimate of drug-likeness (QED) is 0.648. The highest BCUT2D eigenvalue weighted by Crippen LogP contribution is 2.06. The van der Waals surface area contributed by atoms with Gasteiger partial charge in [0.15, 0.2) is 0 Å². The van der Waals surface area contributed by atoms with Crippen LogP contribution in [0.3, 0.4) is 0 Å². The first-order valence-electron chi connectivity index (χ1n) is 5.27. The van der Waals surface area contributed by atoms with Crippen molar-refractivity contribution in [2.24, 2.45) is 0 Å². The Kier molecular flexibility index (Phi) is 2.84. The summed E-state index contributed by atoms with van der Waals surface area (Å²) in [4.78, 5) is 43.8. The van der Waals surface area contributed by atoms with Crippen LogP contribution in [0.5, 0.6) is 0 Å². The van der Waals surface area contributed by atoms with Crippen molar-refractivity contribution >= 4 is 23.8 Å². The number of aliphatic carboxylic acids is 2. The molecule has 15 heavy (non-hydrogen) atoms. The third-order valence-electron chi connectivity index (χ3n) is 1.52. The average molecular weight is 220 g/mol. The maximum absolute atomic E-state index is 11.4. The topological polar surface area (TPSA) is 112 Å². The number of amides is 2. The number of hydrogen-bond acceptors (Lipinski definition) is 4. The van der Waals surface area contributed by atoms with Crippen LogP contribution in [0.15, 0.2) is 0 Å². The molecule has 0 aliphatic rings. The lowest BCUT2D eigenvalue weighted by molar-refractivity contribution is -0.159. The molecule has 2 N–H and O–H groups in total. The highest BCUT2D eigenvalue weighted by atomic mass is 16.4. The van der Waals surface area contributed by atoms with E-state index >= 15 is 0 Å². The largest absolute Gasteiger partial charge is 0.481 e. The van der Waals surface area contributed by atoms with Crippen LogP contribution in [0.25, 0.3) is 0 Å². The highest BCUT2D eigenvalue weighted by Gasteiger charge is 2.32. The Balaban J connectivity index is 5.43. The molecule has 7 nitrogen and oxygen atoms in total. The minimum Gasteiger partial charge on any atom is -0.481 e. The number of imide groups is 1. The van der Waals surface area contributed by atoms with Gasteiger partial charge in [-0.1, -0.05) is 0 Å². The zero-order chi connectivity index (χ0) is 14.7. The predicted molar refractivity (Wildman–Crippen MR) is 46.9 cm³/mol. The van der Waals surface area contributed by atoms with Gasteiger partial charge in [-0.15, -0.1) is 0 Å². The average Bonchev–Trinajstić information content (AvgIpc) is 2.13. The molecule has 0 aromatic rings. The van der Waals surface area contributed by atoms with Crippen molar-refractivity contribution < 1.29 is 33.5 Å². The summed E-state index contributed by atoms with van der Waals surface area (Å²) in [5.41, 5.74) is 0. The van der Waals surface area contributed by atoms with Crippen molar-refractivity contribution in [3.63, 3.8) is 0 Å². The van der Waals surface area contributed by atoms with Gasteiger partial charge in [-0.3, -0.25) is 19.3 Å². The van der Waals surface area contributed by atoms with Gasteiger partial charge in [0.25, 0.3) is 0 Å². The Morgan fingerprint density at radius 1 is 1.27 bits per heavy atom. The van der Waals surface area contributed by atoms with Crippen LogP contribution in [0.4, 0.5) is 0 Å². The van der Waals surface area contributed by atoms with Gasteiger partial charge < -0.3 is 10.2 Å². The molecule has 0 aromatic heterocycles. The van der Waals surface area contributed by atoms with E-state index < -0.39 is 43.1 Å². The second kappa shape index (κ2) is 5.08. The lowest BCUT2D eigenvalue weighted by Gasteiger charge is -2.23. The summed E-state index contributed by atoms with van der Waals surface area (Å²) in [6.07, 6.45) is -1.07. The van der Waals surface area contributed by atoms with Crippen molar-refractivity contribution in [3.05, 3.63) is 0 Å². The van der Waals surface area contributed by atoms with Crippen molar-refractivity contribution in [1.82, 2.24) is 4.90 Å². The standard InChI is InChI=1S/C8H11NO6/c1-4(10)9(5(2)11)6(8(14)15)3-7(12)13/h6H,3H2,1-2H3,(H,12,13)(H,14,15)/t6-/m0/s1/i1D3. The summed E-state index contributed by atoms with van der Waals surface area (Å²) in [7, 11) is 0. The van der Waals surface area contributed by atoms with E-state index in [0.717, 1.165) is 6.92 Å². The Bertz CT molecular complexity index is 391. The van der Waals surface area contributed by atoms with E-state index in [9.17, 15) is 19.2 Å². The van der Waals surface area contributed by atoms with E-state index in [-0.39, 0.29) is 4.90 Å². The number of nitrogens with zero attached hydrogens (tertiary/aromatic N) is 1. The van der Waals surface area contributed by atoms with Gasteiger partial charge in [0.1, 0.15) is 6.04 Å². The molecule has 2 amide bonds. The molecule has 0 aliphatic carbocycles. The third-order valence-corrected chi connectivity index (χ3v) is 1.52. The van der Waals surface area contributed by atoms with E-state index in [1.807, 2.05) is 0 Å². The lowest BCUT2D eigenvalue weighted by atomic mass is 10.1. The first-order chi connectivity index (χ1) is 7.98. The van der Waals surface area contributed by atoms with Crippen molar-refractivity contribution in [2.45, 2.75) is 26.2 Å². The second-order valence-corrected chi connectivity index (χ2v) is 2.65. The van der Waals surface area contributed by atoms with Crippen LogP contribution in [-0.4, -0.2) is 44.9 Å². The summed E-state index contributed by atoms with van der Waals surface area (Å²) in [5.74, 6) is -6.22. The highest BCUT2D eigenvalue weighted by molar-refractivity contribution is 5.98. The van der Waals surface area contributed by atoms with Gasteiger partial charge in [0.05, 0.1) is 6.42 Å². The van der Waals surface area contributed by atoms with E-state index in [4.69, 9.17) is 14.3 Å². The van der Waals surface area contributed by atoms with E-state index in [1.54, 1.807) is 0 Å². The fraction of sp³-hybridized carbons (Fsp3) is 0.500. The van der Waals surface area contributed by atoms with Crippen molar-refractivity contribution in [3.8, 4) is 0 Å². The summed E-state index contributed by atoms with van der Waals surface area (Å²) in [5, 5.41) is 17.3. The molecule has 0 fully saturated rings. The molecular weight excluding hydrogens is 206 g/mol. The maximum atomic E-state index is 11.4. The summed E-state index contributed by atoms with van der Waals surface area (Å²) in [6, 6.07) is -2.05. The van der Waals surface area contributed by atoms with Gasteiger partial charge in [-0.05, 0) is 0 Å². The molecule has 1 atom stereocenters. The summed E-state index contributed by atoms with van der Waals surface area (Å²) >= 11 is 0. The van der Waals surface area contributed by atoms with Crippen LogP contribution >= 0.6 is 0 Å². The normalized spacial score (nSPS) is 15.4. The fourth-order valence-electron chi connectivity index (χ4n) is 0.958. The molecule has 0 aliphatic heterocycles. The molecule has 0 saturated heterocycles. The third kappa shape index (κ3) is 3.75. The zero-order valence-corrected chi connectivity index (χ0v) is 7.76. The minimum atomic E-state index is -3.22. The number of hydrogen-bond donors (Lipinski definition) is 2. The van der Waals surface area contributed by atoms with Crippen molar-refractivity contribution in [1.29, 1.82) is 0 Å². The zero-order valence-electron chi connectivity index (χ0n) is 10.8. The van der Waals surface area contributed by atoms with Crippen LogP contribution in [0, 0.1) is 0 Å². The maximum Gasteiger partial charge on any atom is 0.327 e. The van der Waals surface area contributed by atoms with Gasteiger partial charge in [-0.25, -0.2) is 4.79 Å². The predicted octanol–water partition coefficient (Wildman–Crippen LogP) is -0.691. The molecule has 0 saturated carbocycles. The first kappa shape index (κ1) is 8.39. The first-order valence-corrected chi connectivity index (χ1v) is 3.77. The smallest absolute Gasteiger partial charge is 0.327 e. The van der Waals surface area contributed by atoms with Crippen LogP contribution < -0.4 is 0 Å². The molecule has 84 valence electrons. The van der Waals surface area contributed by atoms with Gasteiger partial charge in [0, 0.05) is 17.9 Å². The van der Waals surface area contributed by atoms with E-state index in [1.165, 1.54) is 0 Å². The van der Waals surface area contributed by atoms with E-state index in [0.29, 0.717) is 0 Å². The molecule has 7 heteroatoms. The molecule has 0 unspecified atom stereocenters. The van der Waals surface area contributed by atoms with Crippen LogP contribution in [-0.2, 0) is 19.2 Å². The fourth-order valence-corrected chi connectivity index (χ4v) is 0.958. The molecule has 0 spiro atoms. The van der Waals surface area contributed by atoms with Gasteiger partial charge in [-0.2, -0.15) is 0 Å². The summed E-state index contributed by atoms with van der Waals surface area (Å²) in [6.45, 7) is -2.45. The summed E-state index contributed by atoms with van der Waals surface area (Å²) < 4.78 is 20.5. The van der Waals surface area contributed by atoms with Crippen LogP contribution in [0.1, 0.15) is 24.3 Å². The SMILES string of the molecule is [2H]C([2H])([2H])C(=O)N(C(C)=O)[C@@H](CC(=O)O)C(=O)O. The van der Waals surface area contributed by atoms with Gasteiger partial charge >= 0.3 is 11.9 Å². The number of carboxylic acid groups (broad SMARTS) is 2.